The lowest BCUT2D eigenvalue weighted by Crippen LogP contribution is -2.08. The molecule has 0 heterocycles. The third-order valence-electron chi connectivity index (χ3n) is 2.86. The van der Waals surface area contributed by atoms with Crippen LogP contribution in [0.15, 0.2) is 41.3 Å². The Morgan fingerprint density at radius 1 is 1.14 bits per heavy atom. The molecule has 0 fully saturated rings. The minimum atomic E-state index is -3.39. The van der Waals surface area contributed by atoms with E-state index in [2.05, 4.69) is 5.32 Å². The van der Waals surface area contributed by atoms with Gasteiger partial charge in [0.25, 0.3) is 0 Å². The van der Waals surface area contributed by atoms with Gasteiger partial charge in [-0.15, -0.1) is 0 Å². The van der Waals surface area contributed by atoms with E-state index in [1.165, 1.54) is 18.2 Å². The van der Waals surface area contributed by atoms with Gasteiger partial charge in [0.05, 0.1) is 9.92 Å². The van der Waals surface area contributed by atoms with Crippen molar-refractivity contribution in [2.75, 3.05) is 11.6 Å². The smallest absolute Gasteiger partial charge is 0.175 e. The second kappa shape index (κ2) is 6.22. The van der Waals surface area contributed by atoms with Crippen LogP contribution in [0.4, 0.5) is 10.1 Å². The largest absolute Gasteiger partial charge is 0.381 e. The molecule has 0 atom stereocenters. The minimum Gasteiger partial charge on any atom is -0.381 e. The average molecular weight is 348 g/mol. The molecule has 0 aliphatic heterocycles. The fourth-order valence-corrected chi connectivity index (χ4v) is 3.22. The van der Waals surface area contributed by atoms with Crippen molar-refractivity contribution in [3.63, 3.8) is 0 Å². The first-order valence-corrected chi connectivity index (χ1v) is 8.60. The van der Waals surface area contributed by atoms with E-state index in [1.807, 2.05) is 0 Å². The van der Waals surface area contributed by atoms with Gasteiger partial charge in [-0.25, -0.2) is 12.8 Å². The molecule has 0 amide bonds. The van der Waals surface area contributed by atoms with Crippen molar-refractivity contribution in [3.8, 4) is 0 Å². The number of hydrogen-bond acceptors (Lipinski definition) is 3. The SMILES string of the molecule is CS(=O)(=O)c1cccc(Cl)c1CNc1ccc(Cl)c(F)c1. The molecular formula is C14H12Cl2FNO2S. The molecule has 0 saturated heterocycles. The first-order valence-electron chi connectivity index (χ1n) is 5.95. The van der Waals surface area contributed by atoms with Crippen LogP contribution in [0.3, 0.4) is 0 Å². The minimum absolute atomic E-state index is 0.0233. The molecule has 2 rings (SSSR count). The highest BCUT2D eigenvalue weighted by Gasteiger charge is 2.15. The molecule has 0 aliphatic rings. The van der Waals surface area contributed by atoms with E-state index in [4.69, 9.17) is 23.2 Å². The van der Waals surface area contributed by atoms with E-state index < -0.39 is 15.7 Å². The van der Waals surface area contributed by atoms with Crippen molar-refractivity contribution >= 4 is 38.7 Å². The van der Waals surface area contributed by atoms with Crippen LogP contribution in [0.1, 0.15) is 5.56 Å². The molecule has 0 saturated carbocycles. The summed E-state index contributed by atoms with van der Waals surface area (Å²) in [7, 11) is -3.39. The molecule has 0 aliphatic carbocycles. The van der Waals surface area contributed by atoms with Crippen LogP contribution in [0, 0.1) is 5.82 Å². The van der Waals surface area contributed by atoms with E-state index >= 15 is 0 Å². The van der Waals surface area contributed by atoms with Gasteiger partial charge in [0.2, 0.25) is 0 Å². The topological polar surface area (TPSA) is 46.2 Å². The Morgan fingerprint density at radius 3 is 2.48 bits per heavy atom. The summed E-state index contributed by atoms with van der Waals surface area (Å²) in [6.07, 6.45) is 1.12. The standard InChI is InChI=1S/C14H12Cl2FNO2S/c1-21(19,20)14-4-2-3-11(15)10(14)8-18-9-5-6-12(16)13(17)7-9/h2-7,18H,8H2,1H3. The molecule has 2 aromatic carbocycles. The fourth-order valence-electron chi connectivity index (χ4n) is 1.85. The third kappa shape index (κ3) is 3.87. The zero-order chi connectivity index (χ0) is 15.6. The molecule has 7 heteroatoms. The Balaban J connectivity index is 2.30. The summed E-state index contributed by atoms with van der Waals surface area (Å²) in [6.45, 7) is 0.156. The van der Waals surface area contributed by atoms with E-state index in [1.54, 1.807) is 18.2 Å². The number of anilines is 1. The Hall–Kier alpha value is -1.30. The number of rotatable bonds is 4. The second-order valence-electron chi connectivity index (χ2n) is 4.47. The van der Waals surface area contributed by atoms with Crippen LogP contribution < -0.4 is 5.32 Å². The highest BCUT2D eigenvalue weighted by Crippen LogP contribution is 2.26. The summed E-state index contributed by atoms with van der Waals surface area (Å²) >= 11 is 11.7. The van der Waals surface area contributed by atoms with Crippen molar-refractivity contribution in [1.82, 2.24) is 0 Å². The summed E-state index contributed by atoms with van der Waals surface area (Å²) in [5, 5.41) is 3.29. The van der Waals surface area contributed by atoms with Crippen LogP contribution in [0.2, 0.25) is 10.0 Å². The summed E-state index contributed by atoms with van der Waals surface area (Å²) < 4.78 is 36.9. The first-order chi connectivity index (χ1) is 9.79. The molecule has 21 heavy (non-hydrogen) atoms. The van der Waals surface area contributed by atoms with Gasteiger partial charge >= 0.3 is 0 Å². The molecule has 112 valence electrons. The van der Waals surface area contributed by atoms with Gasteiger partial charge in [-0.3, -0.25) is 0 Å². The van der Waals surface area contributed by atoms with Crippen LogP contribution in [-0.2, 0) is 16.4 Å². The normalized spacial score (nSPS) is 11.4. The average Bonchev–Trinajstić information content (AvgIpc) is 2.40. The summed E-state index contributed by atoms with van der Waals surface area (Å²) in [5.74, 6) is -0.552. The van der Waals surface area contributed by atoms with E-state index in [9.17, 15) is 12.8 Å². The van der Waals surface area contributed by atoms with Crippen molar-refractivity contribution < 1.29 is 12.8 Å². The molecular weight excluding hydrogens is 336 g/mol. The van der Waals surface area contributed by atoms with Crippen molar-refractivity contribution in [3.05, 3.63) is 57.8 Å². The van der Waals surface area contributed by atoms with Gasteiger partial charge in [-0.2, -0.15) is 0 Å². The number of benzene rings is 2. The van der Waals surface area contributed by atoms with Crippen molar-refractivity contribution in [2.45, 2.75) is 11.4 Å². The van der Waals surface area contributed by atoms with Gasteiger partial charge in [-0.1, -0.05) is 29.3 Å². The number of nitrogens with one attached hydrogen (secondary N) is 1. The lowest BCUT2D eigenvalue weighted by atomic mass is 10.2. The van der Waals surface area contributed by atoms with Gasteiger partial charge in [0.15, 0.2) is 9.84 Å². The van der Waals surface area contributed by atoms with Crippen LogP contribution in [0.5, 0.6) is 0 Å². The second-order valence-corrected chi connectivity index (χ2v) is 7.27. The molecule has 0 spiro atoms. The summed E-state index contributed by atoms with van der Waals surface area (Å²) in [5.41, 5.74) is 0.924. The van der Waals surface area contributed by atoms with Crippen LogP contribution >= 0.6 is 23.2 Å². The van der Waals surface area contributed by atoms with Gasteiger partial charge in [0.1, 0.15) is 5.82 Å². The Labute approximate surface area is 132 Å². The van der Waals surface area contributed by atoms with Gasteiger partial charge < -0.3 is 5.32 Å². The van der Waals surface area contributed by atoms with Crippen molar-refractivity contribution in [2.24, 2.45) is 0 Å². The Kier molecular flexibility index (Phi) is 4.76. The molecule has 3 nitrogen and oxygen atoms in total. The highest BCUT2D eigenvalue weighted by molar-refractivity contribution is 7.90. The number of sulfone groups is 1. The molecule has 0 aromatic heterocycles. The maximum absolute atomic E-state index is 13.4. The predicted octanol–water partition coefficient (Wildman–Crippen LogP) is 4.15. The van der Waals surface area contributed by atoms with Gasteiger partial charge in [-0.05, 0) is 30.3 Å². The van der Waals surface area contributed by atoms with E-state index in [0.717, 1.165) is 6.26 Å². The Bertz CT molecular complexity index is 779. The molecule has 2 aromatic rings. The van der Waals surface area contributed by atoms with E-state index in [0.29, 0.717) is 16.3 Å². The zero-order valence-electron chi connectivity index (χ0n) is 11.0. The van der Waals surface area contributed by atoms with Crippen LogP contribution in [0.25, 0.3) is 0 Å². The lowest BCUT2D eigenvalue weighted by molar-refractivity contribution is 0.601. The zero-order valence-corrected chi connectivity index (χ0v) is 13.4. The molecule has 0 unspecified atom stereocenters. The first kappa shape index (κ1) is 16.1. The molecule has 0 bridgehead atoms. The van der Waals surface area contributed by atoms with Gasteiger partial charge in [0, 0.05) is 29.1 Å². The van der Waals surface area contributed by atoms with E-state index in [-0.39, 0.29) is 16.5 Å². The summed E-state index contributed by atoms with van der Waals surface area (Å²) in [4.78, 5) is 0.150. The lowest BCUT2D eigenvalue weighted by Gasteiger charge is -2.12. The quantitative estimate of drug-likeness (QED) is 0.903. The highest BCUT2D eigenvalue weighted by atomic mass is 35.5. The number of hydrogen-bond donors (Lipinski definition) is 1. The van der Waals surface area contributed by atoms with Crippen molar-refractivity contribution in [1.29, 1.82) is 0 Å². The fraction of sp³-hybridized carbons (Fsp3) is 0.143. The third-order valence-corrected chi connectivity index (χ3v) is 4.71. The summed E-state index contributed by atoms with van der Waals surface area (Å²) in [6, 6.07) is 8.92. The molecule has 0 radical (unpaired) electrons. The number of halogens is 3. The maximum Gasteiger partial charge on any atom is 0.175 e. The van der Waals surface area contributed by atoms with Crippen LogP contribution in [-0.4, -0.2) is 14.7 Å². The molecule has 1 N–H and O–H groups in total. The maximum atomic E-state index is 13.4. The predicted molar refractivity (Wildman–Crippen MR) is 83.3 cm³/mol. The monoisotopic (exact) mass is 347 g/mol. The Morgan fingerprint density at radius 2 is 1.86 bits per heavy atom.